The van der Waals surface area contributed by atoms with Crippen LogP contribution in [0.25, 0.3) is 0 Å². The minimum absolute atomic E-state index is 0.0281. The van der Waals surface area contributed by atoms with E-state index in [0.717, 1.165) is 12.2 Å². The number of amides is 1. The summed E-state index contributed by atoms with van der Waals surface area (Å²) in [6.07, 6.45) is 0.910. The fourth-order valence-electron chi connectivity index (χ4n) is 2.52. The number of hydrogen-bond acceptors (Lipinski definition) is 2. The summed E-state index contributed by atoms with van der Waals surface area (Å²) in [5.41, 5.74) is 2.16. The normalized spacial score (nSPS) is 17.1. The lowest BCUT2D eigenvalue weighted by atomic mass is 10.0. The van der Waals surface area contributed by atoms with Crippen molar-refractivity contribution in [1.29, 1.82) is 0 Å². The molecule has 0 spiro atoms. The van der Waals surface area contributed by atoms with E-state index < -0.39 is 0 Å². The summed E-state index contributed by atoms with van der Waals surface area (Å²) in [7, 11) is 0. The molecule has 0 bridgehead atoms. The van der Waals surface area contributed by atoms with Gasteiger partial charge in [-0.2, -0.15) is 0 Å². The smallest absolute Gasteiger partial charge is 0.251 e. The Hall–Kier alpha value is -1.81. The number of benzene rings is 2. The standard InChI is InChI=1S/C17H16FNOS/c1-11-10-12(6-7-14(11)18)17(20)19-15-8-9-21-16-5-3-2-4-13(15)16/h2-7,10,15H,8-9H2,1H3,(H,19,20). The molecule has 1 unspecified atom stereocenters. The summed E-state index contributed by atoms with van der Waals surface area (Å²) in [4.78, 5) is 13.6. The third-order valence-electron chi connectivity index (χ3n) is 3.68. The molecule has 2 aromatic carbocycles. The van der Waals surface area contributed by atoms with Crippen LogP contribution in [0.2, 0.25) is 0 Å². The van der Waals surface area contributed by atoms with Crippen molar-refractivity contribution >= 4 is 17.7 Å². The first-order valence-corrected chi connectivity index (χ1v) is 7.92. The van der Waals surface area contributed by atoms with Crippen molar-refractivity contribution in [3.05, 3.63) is 65.0 Å². The highest BCUT2D eigenvalue weighted by Gasteiger charge is 2.22. The molecule has 2 aromatic rings. The van der Waals surface area contributed by atoms with Crippen LogP contribution in [0, 0.1) is 12.7 Å². The third-order valence-corrected chi connectivity index (χ3v) is 4.81. The molecule has 3 rings (SSSR count). The zero-order valence-corrected chi connectivity index (χ0v) is 12.5. The summed E-state index contributed by atoms with van der Waals surface area (Å²) < 4.78 is 13.3. The fourth-order valence-corrected chi connectivity index (χ4v) is 3.64. The molecule has 1 atom stereocenters. The van der Waals surface area contributed by atoms with Crippen LogP contribution in [0.15, 0.2) is 47.4 Å². The van der Waals surface area contributed by atoms with Crippen molar-refractivity contribution in [2.24, 2.45) is 0 Å². The molecule has 4 heteroatoms. The summed E-state index contributed by atoms with van der Waals surface area (Å²) in [6.45, 7) is 1.67. The van der Waals surface area contributed by atoms with Gasteiger partial charge >= 0.3 is 0 Å². The third kappa shape index (κ3) is 2.95. The first-order chi connectivity index (χ1) is 10.1. The first kappa shape index (κ1) is 14.1. The van der Waals surface area contributed by atoms with E-state index in [-0.39, 0.29) is 17.8 Å². The lowest BCUT2D eigenvalue weighted by molar-refractivity contribution is 0.0935. The number of carbonyl (C=O) groups excluding carboxylic acids is 1. The van der Waals surface area contributed by atoms with E-state index in [1.54, 1.807) is 13.0 Å². The monoisotopic (exact) mass is 301 g/mol. The second-order valence-corrected chi connectivity index (χ2v) is 6.30. The molecule has 0 aromatic heterocycles. The van der Waals surface area contributed by atoms with Crippen molar-refractivity contribution in [3.8, 4) is 0 Å². The molecule has 1 N–H and O–H groups in total. The quantitative estimate of drug-likeness (QED) is 0.904. The van der Waals surface area contributed by atoms with Gasteiger partial charge in [-0.3, -0.25) is 4.79 Å². The van der Waals surface area contributed by atoms with Crippen LogP contribution in [-0.2, 0) is 0 Å². The maximum Gasteiger partial charge on any atom is 0.251 e. The lowest BCUT2D eigenvalue weighted by Crippen LogP contribution is -2.30. The van der Waals surface area contributed by atoms with E-state index in [0.29, 0.717) is 11.1 Å². The van der Waals surface area contributed by atoms with E-state index >= 15 is 0 Å². The SMILES string of the molecule is Cc1cc(C(=O)NC2CCSc3ccccc32)ccc1F. The number of rotatable bonds is 2. The van der Waals surface area contributed by atoms with Crippen molar-refractivity contribution in [2.45, 2.75) is 24.3 Å². The number of thioether (sulfide) groups is 1. The number of nitrogens with one attached hydrogen (secondary N) is 1. The highest BCUT2D eigenvalue weighted by Crippen LogP contribution is 2.35. The van der Waals surface area contributed by atoms with Crippen LogP contribution in [-0.4, -0.2) is 11.7 Å². The molecular weight excluding hydrogens is 285 g/mol. The van der Waals surface area contributed by atoms with Crippen molar-refractivity contribution in [2.75, 3.05) is 5.75 Å². The van der Waals surface area contributed by atoms with Crippen molar-refractivity contribution in [1.82, 2.24) is 5.32 Å². The van der Waals surface area contributed by atoms with Crippen LogP contribution in [0.5, 0.6) is 0 Å². The second kappa shape index (κ2) is 5.90. The molecule has 0 fully saturated rings. The molecule has 0 radical (unpaired) electrons. The van der Waals surface area contributed by atoms with Gasteiger partial charge in [-0.05, 0) is 48.7 Å². The van der Waals surface area contributed by atoms with Gasteiger partial charge < -0.3 is 5.32 Å². The Morgan fingerprint density at radius 1 is 1.29 bits per heavy atom. The van der Waals surface area contributed by atoms with E-state index in [2.05, 4.69) is 17.4 Å². The number of halogens is 1. The highest BCUT2D eigenvalue weighted by molar-refractivity contribution is 7.99. The summed E-state index contributed by atoms with van der Waals surface area (Å²) >= 11 is 1.82. The van der Waals surface area contributed by atoms with Gasteiger partial charge in [0.2, 0.25) is 0 Å². The minimum Gasteiger partial charge on any atom is -0.345 e. The maximum absolute atomic E-state index is 13.3. The largest absolute Gasteiger partial charge is 0.345 e. The molecule has 2 nitrogen and oxygen atoms in total. The number of fused-ring (bicyclic) bond motifs is 1. The second-order valence-electron chi connectivity index (χ2n) is 5.16. The number of hydrogen-bond donors (Lipinski definition) is 1. The lowest BCUT2D eigenvalue weighted by Gasteiger charge is -2.26. The Morgan fingerprint density at radius 2 is 2.10 bits per heavy atom. The molecule has 0 aliphatic carbocycles. The van der Waals surface area contributed by atoms with E-state index in [9.17, 15) is 9.18 Å². The molecule has 1 amide bonds. The van der Waals surface area contributed by atoms with Crippen LogP contribution in [0.1, 0.15) is 33.9 Å². The molecule has 21 heavy (non-hydrogen) atoms. The average Bonchev–Trinajstić information content (AvgIpc) is 2.50. The van der Waals surface area contributed by atoms with Gasteiger partial charge in [0.15, 0.2) is 0 Å². The van der Waals surface area contributed by atoms with Crippen LogP contribution in [0.4, 0.5) is 4.39 Å². The van der Waals surface area contributed by atoms with E-state index in [4.69, 9.17) is 0 Å². The minimum atomic E-state index is -0.286. The van der Waals surface area contributed by atoms with E-state index in [1.165, 1.54) is 22.6 Å². The Morgan fingerprint density at radius 3 is 2.90 bits per heavy atom. The predicted molar refractivity (Wildman–Crippen MR) is 83.1 cm³/mol. The summed E-state index contributed by atoms with van der Waals surface area (Å²) in [6, 6.07) is 12.6. The first-order valence-electron chi connectivity index (χ1n) is 6.94. The van der Waals surface area contributed by atoms with Gasteiger partial charge in [-0.15, -0.1) is 11.8 Å². The van der Waals surface area contributed by atoms with Crippen LogP contribution < -0.4 is 5.32 Å². The molecule has 0 saturated carbocycles. The fraction of sp³-hybridized carbons (Fsp3) is 0.235. The maximum atomic E-state index is 13.3. The van der Waals surface area contributed by atoms with Gasteiger partial charge in [0.05, 0.1) is 6.04 Å². The number of aryl methyl sites for hydroxylation is 1. The molecule has 1 heterocycles. The summed E-state index contributed by atoms with van der Waals surface area (Å²) in [5, 5.41) is 3.06. The van der Waals surface area contributed by atoms with Gasteiger partial charge in [-0.1, -0.05) is 18.2 Å². The Labute approximate surface area is 127 Å². The zero-order valence-electron chi connectivity index (χ0n) is 11.7. The highest BCUT2D eigenvalue weighted by atomic mass is 32.2. The zero-order chi connectivity index (χ0) is 14.8. The van der Waals surface area contributed by atoms with Gasteiger partial charge in [0.1, 0.15) is 5.82 Å². The van der Waals surface area contributed by atoms with E-state index in [1.807, 2.05) is 23.9 Å². The molecule has 1 aliphatic heterocycles. The van der Waals surface area contributed by atoms with Gasteiger partial charge in [0, 0.05) is 16.2 Å². The molecular formula is C17H16FNOS. The summed E-state index contributed by atoms with van der Waals surface area (Å²) in [5.74, 6) is 0.556. The Bertz CT molecular complexity index is 686. The van der Waals surface area contributed by atoms with Crippen LogP contribution >= 0.6 is 11.8 Å². The molecule has 1 aliphatic rings. The Kier molecular flexibility index (Phi) is 3.97. The van der Waals surface area contributed by atoms with Crippen molar-refractivity contribution < 1.29 is 9.18 Å². The van der Waals surface area contributed by atoms with Gasteiger partial charge in [-0.25, -0.2) is 4.39 Å². The van der Waals surface area contributed by atoms with Crippen molar-refractivity contribution in [3.63, 3.8) is 0 Å². The Balaban J connectivity index is 1.81. The predicted octanol–water partition coefficient (Wildman–Crippen LogP) is 4.10. The number of carbonyl (C=O) groups is 1. The molecule has 108 valence electrons. The van der Waals surface area contributed by atoms with Crippen LogP contribution in [0.3, 0.4) is 0 Å². The molecule has 0 saturated heterocycles. The van der Waals surface area contributed by atoms with Gasteiger partial charge in [0.25, 0.3) is 5.91 Å². The average molecular weight is 301 g/mol. The topological polar surface area (TPSA) is 29.1 Å².